The first kappa shape index (κ1) is 14.6. The number of fused-ring (bicyclic) bond motifs is 1. The zero-order valence-corrected chi connectivity index (χ0v) is 14.0. The molecule has 1 saturated carbocycles. The highest BCUT2D eigenvalue weighted by Crippen LogP contribution is 2.35. The normalized spacial score (nSPS) is 15.8. The van der Waals surface area contributed by atoms with Gasteiger partial charge in [0.25, 0.3) is 0 Å². The Balaban J connectivity index is 1.58. The van der Waals surface area contributed by atoms with Crippen LogP contribution in [0.25, 0.3) is 20.7 Å². The molecule has 2 aromatic heterocycles. The summed E-state index contributed by atoms with van der Waals surface area (Å²) >= 11 is 1.78. The summed E-state index contributed by atoms with van der Waals surface area (Å²) in [6, 6.07) is 12.7. The van der Waals surface area contributed by atoms with Crippen molar-refractivity contribution in [2.24, 2.45) is 5.92 Å². The highest BCUT2D eigenvalue weighted by molar-refractivity contribution is 7.22. The van der Waals surface area contributed by atoms with Crippen LogP contribution in [0, 0.1) is 5.92 Å². The van der Waals surface area contributed by atoms with Crippen LogP contribution in [0.1, 0.15) is 32.1 Å². The lowest BCUT2D eigenvalue weighted by Crippen LogP contribution is -2.17. The van der Waals surface area contributed by atoms with Crippen LogP contribution < -0.4 is 5.32 Å². The van der Waals surface area contributed by atoms with Crippen molar-refractivity contribution < 1.29 is 0 Å². The van der Waals surface area contributed by atoms with E-state index in [0.717, 1.165) is 23.8 Å². The molecule has 4 rings (SSSR count). The van der Waals surface area contributed by atoms with Gasteiger partial charge in [0.05, 0.1) is 10.2 Å². The first-order chi connectivity index (χ1) is 11.4. The third-order valence-corrected chi connectivity index (χ3v) is 5.83. The van der Waals surface area contributed by atoms with E-state index in [2.05, 4.69) is 45.6 Å². The molecule has 0 radical (unpaired) electrons. The van der Waals surface area contributed by atoms with Gasteiger partial charge in [0.15, 0.2) is 0 Å². The highest BCUT2D eigenvalue weighted by Gasteiger charge is 2.15. The summed E-state index contributed by atoms with van der Waals surface area (Å²) in [5, 5.41) is 3.58. The number of hydrogen-bond donors (Lipinski definition) is 1. The molecular formula is C19H21N3S. The Hall–Kier alpha value is -1.94. The maximum atomic E-state index is 4.49. The van der Waals surface area contributed by atoms with Gasteiger partial charge in [-0.25, -0.2) is 9.97 Å². The van der Waals surface area contributed by atoms with Crippen LogP contribution in [-0.4, -0.2) is 16.5 Å². The number of hydrogen-bond acceptors (Lipinski definition) is 4. The second kappa shape index (κ2) is 6.67. The van der Waals surface area contributed by atoms with Gasteiger partial charge in [-0.2, -0.15) is 0 Å². The summed E-state index contributed by atoms with van der Waals surface area (Å²) in [5.74, 6) is 1.79. The van der Waals surface area contributed by atoms with Gasteiger partial charge < -0.3 is 5.32 Å². The lowest BCUT2D eigenvalue weighted by atomic mass is 9.89. The van der Waals surface area contributed by atoms with Gasteiger partial charge in [-0.1, -0.05) is 49.6 Å². The van der Waals surface area contributed by atoms with Gasteiger partial charge >= 0.3 is 0 Å². The minimum Gasteiger partial charge on any atom is -0.369 e. The van der Waals surface area contributed by atoms with Crippen LogP contribution in [0.2, 0.25) is 0 Å². The van der Waals surface area contributed by atoms with Crippen molar-refractivity contribution in [3.05, 3.63) is 42.7 Å². The minimum atomic E-state index is 0.794. The van der Waals surface area contributed by atoms with Crippen molar-refractivity contribution in [3.8, 4) is 10.4 Å². The zero-order valence-electron chi connectivity index (χ0n) is 13.2. The Bertz CT molecular complexity index is 776. The van der Waals surface area contributed by atoms with E-state index in [1.54, 1.807) is 17.7 Å². The Labute approximate surface area is 140 Å². The number of nitrogens with one attached hydrogen (secondary N) is 1. The molecule has 2 heterocycles. The van der Waals surface area contributed by atoms with Crippen LogP contribution >= 0.6 is 11.3 Å². The van der Waals surface area contributed by atoms with Crippen LogP contribution in [0.15, 0.2) is 42.7 Å². The van der Waals surface area contributed by atoms with Crippen LogP contribution in [0.5, 0.6) is 0 Å². The predicted octanol–water partition coefficient (Wildman–Crippen LogP) is 5.35. The monoisotopic (exact) mass is 323 g/mol. The summed E-state index contributed by atoms with van der Waals surface area (Å²) in [4.78, 5) is 10.2. The van der Waals surface area contributed by atoms with Gasteiger partial charge in [0.1, 0.15) is 12.1 Å². The van der Waals surface area contributed by atoms with E-state index in [0.29, 0.717) is 0 Å². The van der Waals surface area contributed by atoms with E-state index in [1.807, 2.05) is 6.07 Å². The number of rotatable bonds is 4. The lowest BCUT2D eigenvalue weighted by Gasteiger charge is -2.21. The van der Waals surface area contributed by atoms with E-state index in [4.69, 9.17) is 0 Å². The quantitative estimate of drug-likeness (QED) is 0.703. The molecule has 0 unspecified atom stereocenters. The maximum absolute atomic E-state index is 4.49. The minimum absolute atomic E-state index is 0.794. The fraction of sp³-hybridized carbons (Fsp3) is 0.368. The van der Waals surface area contributed by atoms with Crippen LogP contribution in [-0.2, 0) is 0 Å². The van der Waals surface area contributed by atoms with E-state index in [1.165, 1.54) is 47.2 Å². The third-order valence-electron chi connectivity index (χ3n) is 4.65. The fourth-order valence-corrected chi connectivity index (χ4v) is 4.44. The molecule has 4 heteroatoms. The van der Waals surface area contributed by atoms with E-state index in [-0.39, 0.29) is 0 Å². The lowest BCUT2D eigenvalue weighted by molar-refractivity contribution is 0.373. The molecule has 0 spiro atoms. The number of aromatic nitrogens is 2. The van der Waals surface area contributed by atoms with E-state index in [9.17, 15) is 0 Å². The molecule has 1 aliphatic carbocycles. The van der Waals surface area contributed by atoms with E-state index >= 15 is 0 Å². The van der Waals surface area contributed by atoms with Crippen molar-refractivity contribution in [1.82, 2.24) is 9.97 Å². The molecule has 3 nitrogen and oxygen atoms in total. The Kier molecular flexibility index (Phi) is 4.24. The average Bonchev–Trinajstić information content (AvgIpc) is 3.06. The topological polar surface area (TPSA) is 37.8 Å². The van der Waals surface area contributed by atoms with Crippen molar-refractivity contribution in [2.45, 2.75) is 32.1 Å². The summed E-state index contributed by atoms with van der Waals surface area (Å²) in [5.41, 5.74) is 2.28. The maximum Gasteiger partial charge on any atom is 0.147 e. The number of nitrogens with zero attached hydrogens (tertiary/aromatic N) is 2. The van der Waals surface area contributed by atoms with Crippen LogP contribution in [0.3, 0.4) is 0 Å². The second-order valence-corrected chi connectivity index (χ2v) is 7.35. The summed E-state index contributed by atoms with van der Waals surface area (Å²) in [7, 11) is 0. The molecule has 0 saturated heterocycles. The smallest absolute Gasteiger partial charge is 0.147 e. The van der Waals surface area contributed by atoms with Gasteiger partial charge in [0.2, 0.25) is 0 Å². The first-order valence-electron chi connectivity index (χ1n) is 8.44. The molecular weight excluding hydrogens is 302 g/mol. The Morgan fingerprint density at radius 3 is 2.70 bits per heavy atom. The molecule has 23 heavy (non-hydrogen) atoms. The molecule has 118 valence electrons. The van der Waals surface area contributed by atoms with Crippen molar-refractivity contribution in [3.63, 3.8) is 0 Å². The first-order valence-corrected chi connectivity index (χ1v) is 9.25. The molecule has 3 aromatic rings. The third kappa shape index (κ3) is 3.22. The predicted molar refractivity (Wildman–Crippen MR) is 97.9 cm³/mol. The van der Waals surface area contributed by atoms with Crippen molar-refractivity contribution in [2.75, 3.05) is 11.9 Å². The van der Waals surface area contributed by atoms with Crippen molar-refractivity contribution in [1.29, 1.82) is 0 Å². The molecule has 0 amide bonds. The molecule has 1 aliphatic rings. The largest absolute Gasteiger partial charge is 0.369 e. The fourth-order valence-electron chi connectivity index (χ4n) is 3.36. The van der Waals surface area contributed by atoms with Gasteiger partial charge in [0, 0.05) is 11.4 Å². The highest BCUT2D eigenvalue weighted by atomic mass is 32.1. The van der Waals surface area contributed by atoms with Crippen LogP contribution in [0.4, 0.5) is 5.82 Å². The van der Waals surface area contributed by atoms with Gasteiger partial charge in [-0.05, 0) is 30.4 Å². The standard InChI is InChI=1S/C19H21N3S/c1-3-7-14(8-4-1)12-20-19-18-16(21-13-22-19)11-17(23-18)15-9-5-2-6-10-15/h2,5-6,9-11,13-14H,1,3-4,7-8,12H2,(H,20,21,22). The number of anilines is 1. The molecule has 0 atom stereocenters. The molecule has 0 aliphatic heterocycles. The van der Waals surface area contributed by atoms with Gasteiger partial charge in [-0.3, -0.25) is 0 Å². The molecule has 0 bridgehead atoms. The van der Waals surface area contributed by atoms with E-state index < -0.39 is 0 Å². The molecule has 1 N–H and O–H groups in total. The Morgan fingerprint density at radius 2 is 1.87 bits per heavy atom. The average molecular weight is 323 g/mol. The van der Waals surface area contributed by atoms with Crippen molar-refractivity contribution >= 4 is 27.4 Å². The summed E-state index contributed by atoms with van der Waals surface area (Å²) in [6.07, 6.45) is 8.53. The molecule has 1 fully saturated rings. The zero-order chi connectivity index (χ0) is 15.5. The summed E-state index contributed by atoms with van der Waals surface area (Å²) in [6.45, 7) is 1.03. The van der Waals surface area contributed by atoms with Gasteiger partial charge in [-0.15, -0.1) is 11.3 Å². The number of benzene rings is 1. The summed E-state index contributed by atoms with van der Waals surface area (Å²) < 4.78 is 1.17. The molecule has 1 aromatic carbocycles. The second-order valence-electron chi connectivity index (χ2n) is 6.30. The SMILES string of the molecule is c1ccc(-c2cc3ncnc(NCC4CCCCC4)c3s2)cc1. The number of thiophene rings is 1. The Morgan fingerprint density at radius 1 is 1.04 bits per heavy atom.